The van der Waals surface area contributed by atoms with Crippen LogP contribution in [0.3, 0.4) is 0 Å². The van der Waals surface area contributed by atoms with Crippen molar-refractivity contribution in [2.24, 2.45) is 0 Å². The topological polar surface area (TPSA) is 58.3 Å². The van der Waals surface area contributed by atoms with E-state index in [9.17, 15) is 0 Å². The van der Waals surface area contributed by atoms with Crippen molar-refractivity contribution < 1.29 is 5.21 Å². The summed E-state index contributed by atoms with van der Waals surface area (Å²) in [5.41, 5.74) is 9.44. The van der Waals surface area contributed by atoms with Gasteiger partial charge in [0.1, 0.15) is 0 Å². The van der Waals surface area contributed by atoms with E-state index in [4.69, 9.17) is 10.9 Å². The van der Waals surface area contributed by atoms with E-state index < -0.39 is 0 Å². The van der Waals surface area contributed by atoms with Crippen molar-refractivity contribution in [3.05, 3.63) is 48.5 Å². The number of benzene rings is 2. The summed E-state index contributed by atoms with van der Waals surface area (Å²) in [5.74, 6) is 0. The second kappa shape index (κ2) is 4.92. The van der Waals surface area contributed by atoms with E-state index in [0.29, 0.717) is 5.69 Å². The second-order valence-corrected chi connectivity index (χ2v) is 4.33. The van der Waals surface area contributed by atoms with Gasteiger partial charge in [0.05, 0.1) is 5.69 Å². The molecule has 0 heterocycles. The lowest BCUT2D eigenvalue weighted by Crippen LogP contribution is -1.92. The van der Waals surface area contributed by atoms with Crippen LogP contribution in [0.5, 0.6) is 0 Å². The van der Waals surface area contributed by atoms with Crippen LogP contribution in [0.1, 0.15) is 0 Å². The zero-order chi connectivity index (χ0) is 11.4. The molecule has 0 saturated heterocycles. The molecule has 2 aromatic carbocycles. The molecule has 0 aliphatic rings. The molecule has 82 valence electrons. The van der Waals surface area contributed by atoms with Gasteiger partial charge in [-0.3, -0.25) is 10.7 Å². The Morgan fingerprint density at radius 3 is 2.25 bits per heavy atom. The second-order valence-electron chi connectivity index (χ2n) is 3.25. The highest BCUT2D eigenvalue weighted by Crippen LogP contribution is 2.35. The Morgan fingerprint density at radius 2 is 1.56 bits per heavy atom. The normalized spacial score (nSPS) is 10.1. The van der Waals surface area contributed by atoms with Gasteiger partial charge in [-0.05, 0) is 24.3 Å². The van der Waals surface area contributed by atoms with Crippen LogP contribution in [0, 0.1) is 0 Å². The molecule has 0 aliphatic carbocycles. The molecule has 0 fully saturated rings. The van der Waals surface area contributed by atoms with Gasteiger partial charge in [-0.25, -0.2) is 0 Å². The summed E-state index contributed by atoms with van der Waals surface area (Å²) in [6.07, 6.45) is 0. The highest BCUT2D eigenvalue weighted by Gasteiger charge is 2.04. The minimum Gasteiger partial charge on any atom is -0.398 e. The van der Waals surface area contributed by atoms with Crippen LogP contribution < -0.4 is 11.2 Å². The number of nitrogen functional groups attached to an aromatic ring is 1. The highest BCUT2D eigenvalue weighted by atomic mass is 32.2. The molecule has 4 heteroatoms. The Bertz CT molecular complexity index is 488. The lowest BCUT2D eigenvalue weighted by atomic mass is 10.3. The summed E-state index contributed by atoms with van der Waals surface area (Å²) in [7, 11) is 0. The first-order valence-corrected chi connectivity index (χ1v) is 5.64. The first kappa shape index (κ1) is 10.9. The summed E-state index contributed by atoms with van der Waals surface area (Å²) in [4.78, 5) is 1.91. The van der Waals surface area contributed by atoms with E-state index in [1.165, 1.54) is 11.8 Å². The fraction of sp³-hybridized carbons (Fsp3) is 0. The number of nitrogens with one attached hydrogen (secondary N) is 1. The third-order valence-corrected chi connectivity index (χ3v) is 3.31. The van der Waals surface area contributed by atoms with Crippen molar-refractivity contribution in [2.75, 3.05) is 11.2 Å². The van der Waals surface area contributed by atoms with Crippen molar-refractivity contribution in [3.63, 3.8) is 0 Å². The lowest BCUT2D eigenvalue weighted by Gasteiger charge is -2.08. The van der Waals surface area contributed by atoms with E-state index in [1.807, 2.05) is 48.5 Å². The molecule has 2 aromatic rings. The Kier molecular flexibility index (Phi) is 3.34. The summed E-state index contributed by atoms with van der Waals surface area (Å²) in [5, 5.41) is 8.97. The summed E-state index contributed by atoms with van der Waals surface area (Å²) in [6, 6.07) is 15.2. The van der Waals surface area contributed by atoms with E-state index in [-0.39, 0.29) is 0 Å². The molecular weight excluding hydrogens is 220 g/mol. The third kappa shape index (κ3) is 2.29. The van der Waals surface area contributed by atoms with Crippen LogP contribution in [0.4, 0.5) is 11.4 Å². The Hall–Kier alpha value is -1.65. The summed E-state index contributed by atoms with van der Waals surface area (Å²) >= 11 is 1.52. The van der Waals surface area contributed by atoms with Crippen molar-refractivity contribution in [2.45, 2.75) is 9.79 Å². The van der Waals surface area contributed by atoms with E-state index >= 15 is 0 Å². The minimum atomic E-state index is 0.677. The van der Waals surface area contributed by atoms with Crippen LogP contribution in [-0.4, -0.2) is 5.21 Å². The van der Waals surface area contributed by atoms with E-state index in [2.05, 4.69) is 5.48 Å². The molecule has 0 atom stereocenters. The molecule has 0 spiro atoms. The SMILES string of the molecule is Nc1ccccc1Sc1ccccc1NO. The molecule has 3 nitrogen and oxygen atoms in total. The van der Waals surface area contributed by atoms with Gasteiger partial charge in [-0.2, -0.15) is 0 Å². The molecule has 0 bridgehead atoms. The van der Waals surface area contributed by atoms with Gasteiger partial charge in [0.2, 0.25) is 0 Å². The largest absolute Gasteiger partial charge is 0.398 e. The molecule has 16 heavy (non-hydrogen) atoms. The maximum Gasteiger partial charge on any atom is 0.0741 e. The number of nitrogens with two attached hydrogens (primary N) is 1. The van der Waals surface area contributed by atoms with Crippen molar-refractivity contribution in [1.82, 2.24) is 0 Å². The Labute approximate surface area is 98.2 Å². The number of rotatable bonds is 3. The van der Waals surface area contributed by atoms with Crippen molar-refractivity contribution >= 4 is 23.1 Å². The van der Waals surface area contributed by atoms with Crippen LogP contribution in [0.15, 0.2) is 58.3 Å². The van der Waals surface area contributed by atoms with Crippen LogP contribution in [-0.2, 0) is 0 Å². The molecule has 4 N–H and O–H groups in total. The van der Waals surface area contributed by atoms with Gasteiger partial charge in [-0.1, -0.05) is 36.0 Å². The summed E-state index contributed by atoms with van der Waals surface area (Å²) < 4.78 is 0. The maximum atomic E-state index is 8.97. The van der Waals surface area contributed by atoms with Crippen LogP contribution in [0.25, 0.3) is 0 Å². The zero-order valence-electron chi connectivity index (χ0n) is 8.55. The van der Waals surface area contributed by atoms with Gasteiger partial charge >= 0.3 is 0 Å². The molecule has 0 aliphatic heterocycles. The maximum absolute atomic E-state index is 8.97. The number of hydrogen-bond acceptors (Lipinski definition) is 4. The Balaban J connectivity index is 2.30. The van der Waals surface area contributed by atoms with Gasteiger partial charge in [0.25, 0.3) is 0 Å². The van der Waals surface area contributed by atoms with Gasteiger partial charge in [0, 0.05) is 15.5 Å². The molecule has 0 amide bonds. The average molecular weight is 232 g/mol. The minimum absolute atomic E-state index is 0.677. The van der Waals surface area contributed by atoms with Gasteiger partial charge in [-0.15, -0.1) is 0 Å². The monoisotopic (exact) mass is 232 g/mol. The van der Waals surface area contributed by atoms with E-state index in [1.54, 1.807) is 0 Å². The third-order valence-electron chi connectivity index (χ3n) is 2.15. The average Bonchev–Trinajstić information content (AvgIpc) is 2.33. The first-order valence-electron chi connectivity index (χ1n) is 4.83. The fourth-order valence-corrected chi connectivity index (χ4v) is 2.28. The predicted octanol–water partition coefficient (Wildman–Crippen LogP) is 3.22. The van der Waals surface area contributed by atoms with Crippen LogP contribution >= 0.6 is 11.8 Å². The van der Waals surface area contributed by atoms with Crippen molar-refractivity contribution in [1.29, 1.82) is 0 Å². The van der Waals surface area contributed by atoms with E-state index in [0.717, 1.165) is 15.5 Å². The standard InChI is InChI=1S/C12H12N2OS/c13-9-5-1-3-7-11(9)16-12-8-4-2-6-10(12)14-15/h1-8,14-15H,13H2. The van der Waals surface area contributed by atoms with Gasteiger partial charge < -0.3 is 5.73 Å². The Morgan fingerprint density at radius 1 is 0.938 bits per heavy atom. The fourth-order valence-electron chi connectivity index (χ4n) is 1.34. The van der Waals surface area contributed by atoms with Crippen LogP contribution in [0.2, 0.25) is 0 Å². The summed E-state index contributed by atoms with van der Waals surface area (Å²) in [6.45, 7) is 0. The lowest BCUT2D eigenvalue weighted by molar-refractivity contribution is 0.387. The number of anilines is 2. The molecule has 0 saturated carbocycles. The van der Waals surface area contributed by atoms with Gasteiger partial charge in [0.15, 0.2) is 0 Å². The molecular formula is C12H12N2OS. The molecule has 0 unspecified atom stereocenters. The number of hydrogen-bond donors (Lipinski definition) is 3. The van der Waals surface area contributed by atoms with Crippen molar-refractivity contribution in [3.8, 4) is 0 Å². The smallest absolute Gasteiger partial charge is 0.0741 e. The molecule has 2 rings (SSSR count). The first-order chi connectivity index (χ1) is 7.81. The zero-order valence-corrected chi connectivity index (χ0v) is 9.37. The quantitative estimate of drug-likeness (QED) is 0.561. The highest BCUT2D eigenvalue weighted by molar-refractivity contribution is 7.99. The number of para-hydroxylation sites is 2. The predicted molar refractivity (Wildman–Crippen MR) is 66.8 cm³/mol. The molecule has 0 radical (unpaired) electrons. The molecule has 0 aromatic heterocycles.